The van der Waals surface area contributed by atoms with E-state index in [1.807, 2.05) is 67.6 Å². The van der Waals surface area contributed by atoms with Gasteiger partial charge in [0, 0.05) is 15.8 Å². The molecule has 6 nitrogen and oxygen atoms in total. The number of hydrogen-bond donors (Lipinski definition) is 1. The molecule has 2 aliphatic rings. The van der Waals surface area contributed by atoms with Crippen molar-refractivity contribution in [1.29, 1.82) is 0 Å². The Morgan fingerprint density at radius 3 is 2.73 bits per heavy atom. The van der Waals surface area contributed by atoms with Gasteiger partial charge < -0.3 is 4.42 Å². The number of hydrazone groups is 1. The number of hydrogen-bond acceptors (Lipinski definition) is 6. The monoisotopic (exact) mass is 436 g/mol. The highest BCUT2D eigenvalue weighted by atomic mass is 35.5. The summed E-state index contributed by atoms with van der Waals surface area (Å²) in [6, 6.07) is 18.8. The second-order valence-electron chi connectivity index (χ2n) is 6.71. The summed E-state index contributed by atoms with van der Waals surface area (Å²) in [5, 5.41) is 11.9. The fourth-order valence-corrected chi connectivity index (χ4v) is 4.19. The van der Waals surface area contributed by atoms with Crippen molar-refractivity contribution in [2.75, 3.05) is 5.75 Å². The molecule has 0 bridgehead atoms. The maximum atomic E-state index is 12.9. The van der Waals surface area contributed by atoms with Crippen LogP contribution in [0.1, 0.15) is 18.8 Å². The highest BCUT2D eigenvalue weighted by Gasteiger charge is 2.35. The Morgan fingerprint density at radius 1 is 1.13 bits per heavy atom. The Bertz CT molecular complexity index is 1280. The molecule has 8 heteroatoms. The van der Waals surface area contributed by atoms with Gasteiger partial charge in [-0.2, -0.15) is 0 Å². The fourth-order valence-electron chi connectivity index (χ4n) is 3.48. The molecule has 0 spiro atoms. The summed E-state index contributed by atoms with van der Waals surface area (Å²) in [4.78, 5) is 17.8. The molecule has 5 rings (SSSR count). The Hall–Kier alpha value is -3.03. The topological polar surface area (TPSA) is 70.2 Å². The molecule has 3 aromatic rings. The van der Waals surface area contributed by atoms with Gasteiger partial charge in [0.1, 0.15) is 11.5 Å². The van der Waals surface area contributed by atoms with Crippen LogP contribution in [0.2, 0.25) is 5.02 Å². The molecule has 1 N–H and O–H groups in total. The molecule has 0 saturated heterocycles. The Labute approximate surface area is 181 Å². The maximum Gasteiger partial charge on any atom is 0.276 e. The van der Waals surface area contributed by atoms with Crippen molar-refractivity contribution < 1.29 is 9.21 Å². The summed E-state index contributed by atoms with van der Waals surface area (Å²) in [7, 11) is 0. The average molecular weight is 437 g/mol. The van der Waals surface area contributed by atoms with Crippen molar-refractivity contribution >= 4 is 40.1 Å². The molecule has 1 atom stereocenters. The van der Waals surface area contributed by atoms with Crippen molar-refractivity contribution in [3.05, 3.63) is 82.0 Å². The first kappa shape index (κ1) is 19.0. The third kappa shape index (κ3) is 3.30. The summed E-state index contributed by atoms with van der Waals surface area (Å²) in [6.07, 6.45) is -0.575. The second-order valence-corrected chi connectivity index (χ2v) is 8.40. The zero-order valence-corrected chi connectivity index (χ0v) is 17.6. The van der Waals surface area contributed by atoms with E-state index in [1.54, 1.807) is 5.01 Å². The molecule has 2 aromatic carbocycles. The molecular weight excluding hydrogens is 420 g/mol. The van der Waals surface area contributed by atoms with Crippen molar-refractivity contribution in [2.24, 2.45) is 10.1 Å². The highest BCUT2D eigenvalue weighted by molar-refractivity contribution is 8.13. The van der Waals surface area contributed by atoms with Gasteiger partial charge in [-0.3, -0.25) is 10.1 Å². The van der Waals surface area contributed by atoms with E-state index in [0.29, 0.717) is 27.4 Å². The smallest absolute Gasteiger partial charge is 0.276 e. The molecule has 1 amide bonds. The SMILES string of the molecule is CCSC1=NN2C(=c3ccccc3=NC2c2ccc(-c3ccc(Cl)cc3)o2)C(=O)N1. The summed E-state index contributed by atoms with van der Waals surface area (Å²) >= 11 is 7.47. The molecule has 30 heavy (non-hydrogen) atoms. The van der Waals surface area contributed by atoms with Gasteiger partial charge in [-0.25, -0.2) is 10.0 Å². The van der Waals surface area contributed by atoms with Crippen LogP contribution in [0.4, 0.5) is 0 Å². The van der Waals surface area contributed by atoms with Crippen LogP contribution >= 0.6 is 23.4 Å². The highest BCUT2D eigenvalue weighted by Crippen LogP contribution is 2.34. The lowest BCUT2D eigenvalue weighted by Gasteiger charge is -2.32. The summed E-state index contributed by atoms with van der Waals surface area (Å²) in [5.41, 5.74) is 1.38. The van der Waals surface area contributed by atoms with Crippen LogP contribution in [0.15, 0.2) is 75.2 Å². The standard InChI is InChI=1S/C22H17ClN4O2S/c1-2-30-22-25-21(28)19-15-5-3-4-6-16(15)24-20(27(19)26-22)18-12-11-17(29-18)13-7-9-14(23)10-8-13/h3-12,20H,2H2,1H3,(H,25,26,28). The number of nitrogens with zero attached hydrogens (tertiary/aromatic N) is 3. The van der Waals surface area contributed by atoms with Gasteiger partial charge in [-0.1, -0.05) is 48.5 Å². The number of amidine groups is 1. The van der Waals surface area contributed by atoms with Gasteiger partial charge in [0.15, 0.2) is 10.9 Å². The van der Waals surface area contributed by atoms with Gasteiger partial charge >= 0.3 is 0 Å². The molecule has 0 fully saturated rings. The Balaban J connectivity index is 1.63. The quantitative estimate of drug-likeness (QED) is 0.682. The van der Waals surface area contributed by atoms with Gasteiger partial charge in [-0.05, 0) is 48.2 Å². The molecule has 0 radical (unpaired) electrons. The number of thioether (sulfide) groups is 1. The lowest BCUT2D eigenvalue weighted by Crippen LogP contribution is -2.50. The largest absolute Gasteiger partial charge is 0.457 e. The number of benzene rings is 2. The third-order valence-electron chi connectivity index (χ3n) is 4.81. The van der Waals surface area contributed by atoms with Gasteiger partial charge in [-0.15, -0.1) is 5.10 Å². The first-order valence-electron chi connectivity index (χ1n) is 9.49. The maximum absolute atomic E-state index is 12.9. The van der Waals surface area contributed by atoms with Crippen LogP contribution < -0.4 is 15.9 Å². The Morgan fingerprint density at radius 2 is 1.93 bits per heavy atom. The van der Waals surface area contributed by atoms with E-state index < -0.39 is 6.17 Å². The molecule has 0 aliphatic carbocycles. The van der Waals surface area contributed by atoms with E-state index >= 15 is 0 Å². The van der Waals surface area contributed by atoms with Crippen molar-refractivity contribution in [1.82, 2.24) is 10.3 Å². The summed E-state index contributed by atoms with van der Waals surface area (Å²) in [6.45, 7) is 2.01. The van der Waals surface area contributed by atoms with Gasteiger partial charge in [0.2, 0.25) is 6.17 Å². The lowest BCUT2D eigenvalue weighted by molar-refractivity contribution is -0.116. The third-order valence-corrected chi connectivity index (χ3v) is 5.80. The van der Waals surface area contributed by atoms with Crippen LogP contribution in [0.5, 0.6) is 0 Å². The van der Waals surface area contributed by atoms with Crippen molar-refractivity contribution in [2.45, 2.75) is 13.1 Å². The zero-order valence-electron chi connectivity index (χ0n) is 16.0. The first-order chi connectivity index (χ1) is 14.6. The van der Waals surface area contributed by atoms with Crippen molar-refractivity contribution in [3.8, 4) is 11.3 Å². The number of nitrogens with one attached hydrogen (secondary N) is 1. The number of rotatable bonds is 3. The predicted molar refractivity (Wildman–Crippen MR) is 118 cm³/mol. The minimum absolute atomic E-state index is 0.196. The molecule has 2 aliphatic heterocycles. The minimum atomic E-state index is -0.575. The molecule has 3 heterocycles. The fraction of sp³-hybridized carbons (Fsp3) is 0.136. The summed E-state index contributed by atoms with van der Waals surface area (Å²) < 4.78 is 6.14. The van der Waals surface area contributed by atoms with Gasteiger partial charge in [0.05, 0.1) is 5.36 Å². The molecule has 150 valence electrons. The van der Waals surface area contributed by atoms with E-state index in [1.165, 1.54) is 11.8 Å². The molecular formula is C22H17ClN4O2S. The minimum Gasteiger partial charge on any atom is -0.457 e. The molecule has 1 aromatic heterocycles. The van der Waals surface area contributed by atoms with E-state index in [0.717, 1.165) is 21.9 Å². The van der Waals surface area contributed by atoms with E-state index in [4.69, 9.17) is 21.0 Å². The Kier molecular flexibility index (Phi) is 4.84. The van der Waals surface area contributed by atoms with E-state index in [2.05, 4.69) is 10.4 Å². The molecule has 1 unspecified atom stereocenters. The number of amides is 1. The van der Waals surface area contributed by atoms with Crippen LogP contribution in [0, 0.1) is 0 Å². The van der Waals surface area contributed by atoms with E-state index in [9.17, 15) is 4.79 Å². The van der Waals surface area contributed by atoms with Crippen LogP contribution in [-0.2, 0) is 4.79 Å². The lowest BCUT2D eigenvalue weighted by atomic mass is 10.1. The van der Waals surface area contributed by atoms with Crippen molar-refractivity contribution in [3.63, 3.8) is 0 Å². The number of halogens is 1. The van der Waals surface area contributed by atoms with Gasteiger partial charge in [0.25, 0.3) is 5.91 Å². The van der Waals surface area contributed by atoms with Crippen LogP contribution in [0.25, 0.3) is 17.0 Å². The second kappa shape index (κ2) is 7.66. The van der Waals surface area contributed by atoms with Crippen LogP contribution in [-0.4, -0.2) is 21.8 Å². The number of furan rings is 1. The zero-order chi connectivity index (χ0) is 20.7. The average Bonchev–Trinajstić information content (AvgIpc) is 3.23. The molecule has 0 saturated carbocycles. The number of para-hydroxylation sites is 1. The summed E-state index contributed by atoms with van der Waals surface area (Å²) in [5.74, 6) is 1.90. The number of fused-ring (bicyclic) bond motifs is 2. The normalized spacial score (nSPS) is 17.6. The van der Waals surface area contributed by atoms with E-state index in [-0.39, 0.29) is 5.91 Å². The first-order valence-corrected chi connectivity index (χ1v) is 10.9. The number of carbonyl (C=O) groups excluding carboxylic acids is 1. The number of carbonyl (C=O) groups is 1. The van der Waals surface area contributed by atoms with Crippen LogP contribution in [0.3, 0.4) is 0 Å². The predicted octanol–water partition coefficient (Wildman–Crippen LogP) is 3.50.